The van der Waals surface area contributed by atoms with Gasteiger partial charge in [0.1, 0.15) is 11.6 Å². The number of hydrogen-bond donors (Lipinski definition) is 2. The van der Waals surface area contributed by atoms with E-state index >= 15 is 0 Å². The molecule has 0 aliphatic carbocycles. The minimum Gasteiger partial charge on any atom is -0.508 e. The molecule has 0 radical (unpaired) electrons. The summed E-state index contributed by atoms with van der Waals surface area (Å²) in [5.74, 6) is 1.03. The van der Waals surface area contributed by atoms with Gasteiger partial charge in [-0.25, -0.2) is 9.97 Å². The van der Waals surface area contributed by atoms with Gasteiger partial charge in [-0.2, -0.15) is 0 Å². The van der Waals surface area contributed by atoms with Crippen LogP contribution in [-0.2, 0) is 12.8 Å². The lowest BCUT2D eigenvalue weighted by Crippen LogP contribution is -2.07. The molecule has 0 amide bonds. The lowest BCUT2D eigenvalue weighted by Gasteiger charge is -2.10. The lowest BCUT2D eigenvalue weighted by atomic mass is 10.1. The first-order valence-electron chi connectivity index (χ1n) is 6.32. The van der Waals surface area contributed by atoms with Crippen LogP contribution in [0.15, 0.2) is 24.3 Å². The molecule has 4 nitrogen and oxygen atoms in total. The summed E-state index contributed by atoms with van der Waals surface area (Å²) >= 11 is 0. The molecule has 0 unspecified atom stereocenters. The summed E-state index contributed by atoms with van der Waals surface area (Å²) in [6.45, 7) is 4.00. The van der Waals surface area contributed by atoms with Crippen molar-refractivity contribution in [3.63, 3.8) is 0 Å². The van der Waals surface area contributed by atoms with Crippen LogP contribution in [-0.4, -0.2) is 26.8 Å². The maximum absolute atomic E-state index is 9.25. The minimum atomic E-state index is 0.113. The maximum Gasteiger partial charge on any atom is 0.133 e. The first-order chi connectivity index (χ1) is 9.10. The fourth-order valence-corrected chi connectivity index (χ4v) is 2.16. The minimum absolute atomic E-state index is 0.113. The maximum atomic E-state index is 9.25. The smallest absolute Gasteiger partial charge is 0.133 e. The molecule has 19 heavy (non-hydrogen) atoms. The average Bonchev–Trinajstić information content (AvgIpc) is 2.37. The van der Waals surface area contributed by atoms with E-state index in [4.69, 9.17) is 5.11 Å². The first kappa shape index (κ1) is 13.5. The average molecular weight is 258 g/mol. The zero-order chi connectivity index (χ0) is 13.8. The Balaban J connectivity index is 2.24. The summed E-state index contributed by atoms with van der Waals surface area (Å²) in [5, 5.41) is 18.3. The van der Waals surface area contributed by atoms with E-state index in [1.165, 1.54) is 0 Å². The fourth-order valence-electron chi connectivity index (χ4n) is 2.16. The number of hydrogen-bond acceptors (Lipinski definition) is 4. The van der Waals surface area contributed by atoms with Gasteiger partial charge in [-0.05, 0) is 43.5 Å². The van der Waals surface area contributed by atoms with Crippen LogP contribution in [0.4, 0.5) is 0 Å². The molecule has 0 fully saturated rings. The number of nitrogens with zero attached hydrogens (tertiary/aromatic N) is 2. The van der Waals surface area contributed by atoms with Crippen LogP contribution in [0.1, 0.15) is 28.3 Å². The fraction of sp³-hybridized carbons (Fsp3) is 0.333. The largest absolute Gasteiger partial charge is 0.508 e. The van der Waals surface area contributed by atoms with E-state index in [0.29, 0.717) is 12.8 Å². The van der Waals surface area contributed by atoms with Crippen molar-refractivity contribution < 1.29 is 10.2 Å². The number of phenolic OH excluding ortho intramolecular Hbond substituents is 1. The van der Waals surface area contributed by atoms with Crippen LogP contribution >= 0.6 is 0 Å². The number of aromatic nitrogens is 2. The second-order valence-electron chi connectivity index (χ2n) is 4.61. The molecule has 0 aliphatic heterocycles. The second-order valence-corrected chi connectivity index (χ2v) is 4.61. The van der Waals surface area contributed by atoms with Crippen molar-refractivity contribution in [3.05, 3.63) is 52.6 Å². The van der Waals surface area contributed by atoms with E-state index in [1.54, 1.807) is 12.1 Å². The normalized spacial score (nSPS) is 10.7. The van der Waals surface area contributed by atoms with Gasteiger partial charge in [-0.15, -0.1) is 0 Å². The van der Waals surface area contributed by atoms with Crippen LogP contribution in [0.25, 0.3) is 0 Å². The second kappa shape index (κ2) is 5.80. The van der Waals surface area contributed by atoms with Crippen molar-refractivity contribution in [2.24, 2.45) is 0 Å². The highest BCUT2D eigenvalue weighted by Gasteiger charge is 2.08. The molecule has 2 N–H and O–H groups in total. The third kappa shape index (κ3) is 3.29. The highest BCUT2D eigenvalue weighted by molar-refractivity contribution is 5.29. The summed E-state index contributed by atoms with van der Waals surface area (Å²) in [5.41, 5.74) is 3.94. The number of aryl methyl sites for hydroxylation is 2. The van der Waals surface area contributed by atoms with Gasteiger partial charge in [-0.3, -0.25) is 0 Å². The van der Waals surface area contributed by atoms with Crippen LogP contribution in [0.5, 0.6) is 5.75 Å². The molecular formula is C15H18N2O2. The Labute approximate surface area is 112 Å². The number of aliphatic hydroxyl groups excluding tert-OH is 1. The predicted molar refractivity (Wildman–Crippen MR) is 73.2 cm³/mol. The van der Waals surface area contributed by atoms with Gasteiger partial charge < -0.3 is 10.2 Å². The molecule has 1 aromatic heterocycles. The summed E-state index contributed by atoms with van der Waals surface area (Å²) in [6.07, 6.45) is 1.23. The van der Waals surface area contributed by atoms with Crippen LogP contribution in [0, 0.1) is 13.8 Å². The van der Waals surface area contributed by atoms with Gasteiger partial charge in [0.05, 0.1) is 0 Å². The van der Waals surface area contributed by atoms with Crippen molar-refractivity contribution in [2.45, 2.75) is 26.7 Å². The monoisotopic (exact) mass is 258 g/mol. The molecule has 2 aromatic rings. The third-order valence-electron chi connectivity index (χ3n) is 3.13. The number of benzene rings is 1. The molecule has 100 valence electrons. The van der Waals surface area contributed by atoms with Gasteiger partial charge in [0.2, 0.25) is 0 Å². The molecular weight excluding hydrogens is 240 g/mol. The Morgan fingerprint density at radius 2 is 1.58 bits per heavy atom. The first-order valence-corrected chi connectivity index (χ1v) is 6.32. The Kier molecular flexibility index (Phi) is 4.12. The summed E-state index contributed by atoms with van der Waals surface area (Å²) in [4.78, 5) is 8.97. The van der Waals surface area contributed by atoms with Crippen LogP contribution in [0.2, 0.25) is 0 Å². The van der Waals surface area contributed by atoms with E-state index in [9.17, 15) is 5.11 Å². The topological polar surface area (TPSA) is 66.2 Å². The van der Waals surface area contributed by atoms with E-state index in [0.717, 1.165) is 28.3 Å². The van der Waals surface area contributed by atoms with Crippen molar-refractivity contribution in [3.8, 4) is 5.75 Å². The number of rotatable bonds is 4. The zero-order valence-corrected chi connectivity index (χ0v) is 11.2. The Morgan fingerprint density at radius 3 is 2.11 bits per heavy atom. The number of aliphatic hydroxyl groups is 1. The lowest BCUT2D eigenvalue weighted by molar-refractivity contribution is 0.298. The molecule has 0 aliphatic rings. The van der Waals surface area contributed by atoms with Crippen molar-refractivity contribution in [1.29, 1.82) is 0 Å². The quantitative estimate of drug-likeness (QED) is 0.879. The molecule has 0 spiro atoms. The summed E-state index contributed by atoms with van der Waals surface area (Å²) in [7, 11) is 0. The molecule has 0 saturated carbocycles. The van der Waals surface area contributed by atoms with Crippen LogP contribution in [0.3, 0.4) is 0 Å². The number of phenols is 1. The van der Waals surface area contributed by atoms with Gasteiger partial charge >= 0.3 is 0 Å². The molecule has 0 bridgehead atoms. The standard InChI is InChI=1S/C15H18N2O2/c1-10-14(7-8-18)11(2)17-15(16-10)9-12-3-5-13(19)6-4-12/h3-6,18-19H,7-9H2,1-2H3. The van der Waals surface area contributed by atoms with Crippen LogP contribution < -0.4 is 0 Å². The molecule has 1 heterocycles. The van der Waals surface area contributed by atoms with E-state index in [2.05, 4.69) is 9.97 Å². The van der Waals surface area contributed by atoms with Gasteiger partial charge in [0.15, 0.2) is 0 Å². The molecule has 1 aromatic carbocycles. The zero-order valence-electron chi connectivity index (χ0n) is 11.2. The van der Waals surface area contributed by atoms with Gasteiger partial charge in [-0.1, -0.05) is 12.1 Å². The predicted octanol–water partition coefficient (Wildman–Crippen LogP) is 1.92. The van der Waals surface area contributed by atoms with Gasteiger partial charge in [0, 0.05) is 24.4 Å². The van der Waals surface area contributed by atoms with E-state index in [1.807, 2.05) is 26.0 Å². The molecule has 0 saturated heterocycles. The third-order valence-corrected chi connectivity index (χ3v) is 3.13. The van der Waals surface area contributed by atoms with Crippen molar-refractivity contribution in [2.75, 3.05) is 6.61 Å². The Hall–Kier alpha value is -1.94. The Morgan fingerprint density at radius 1 is 1.00 bits per heavy atom. The molecule has 0 atom stereocenters. The molecule has 2 rings (SSSR count). The van der Waals surface area contributed by atoms with Crippen molar-refractivity contribution >= 4 is 0 Å². The van der Waals surface area contributed by atoms with Gasteiger partial charge in [0.25, 0.3) is 0 Å². The number of aromatic hydroxyl groups is 1. The summed E-state index contributed by atoms with van der Waals surface area (Å²) in [6, 6.07) is 7.06. The highest BCUT2D eigenvalue weighted by Crippen LogP contribution is 2.15. The SMILES string of the molecule is Cc1nc(Cc2ccc(O)cc2)nc(C)c1CCO. The van der Waals surface area contributed by atoms with Crippen molar-refractivity contribution in [1.82, 2.24) is 9.97 Å². The van der Waals surface area contributed by atoms with E-state index < -0.39 is 0 Å². The Bertz CT molecular complexity index is 542. The molecule has 4 heteroatoms. The highest BCUT2D eigenvalue weighted by atomic mass is 16.3. The van der Waals surface area contributed by atoms with E-state index in [-0.39, 0.29) is 12.4 Å². The summed E-state index contributed by atoms with van der Waals surface area (Å²) < 4.78 is 0.